The molecule has 0 unspecified atom stereocenters. The lowest BCUT2D eigenvalue weighted by Crippen LogP contribution is -2.06. The van der Waals surface area contributed by atoms with Gasteiger partial charge in [0.05, 0.1) is 25.2 Å². The number of hydrogen-bond acceptors (Lipinski definition) is 4. The third-order valence-electron chi connectivity index (χ3n) is 3.65. The average Bonchev–Trinajstić information content (AvgIpc) is 2.63. The largest absolute Gasteiger partial charge is 0.493 e. The second-order valence-corrected chi connectivity index (χ2v) is 5.02. The molecular weight excluding hydrogens is 304 g/mol. The Morgan fingerprint density at radius 2 is 1.58 bits per heavy atom. The normalized spacial score (nSPS) is 10.0. The van der Waals surface area contributed by atoms with Gasteiger partial charge in [0.15, 0.2) is 11.3 Å². The molecule has 0 N–H and O–H groups in total. The van der Waals surface area contributed by atoms with Crippen LogP contribution in [0.3, 0.4) is 0 Å². The van der Waals surface area contributed by atoms with Crippen LogP contribution in [0.15, 0.2) is 51.9 Å². The van der Waals surface area contributed by atoms with Crippen LogP contribution in [0.25, 0.3) is 22.1 Å². The standard InChI is InChI=1S/C18H16O4.C2H6/c1-11-4-6-12(7-5-11)14-10-22-17-13(16(14)19)8-9-15(20-2)18(17)21-3;1-2/h4-10H,1-3H3;1-2H3. The van der Waals surface area contributed by atoms with Gasteiger partial charge in [-0.2, -0.15) is 0 Å². The fraction of sp³-hybridized carbons (Fsp3) is 0.250. The molecule has 0 fully saturated rings. The van der Waals surface area contributed by atoms with Crippen LogP contribution in [0.2, 0.25) is 0 Å². The molecule has 4 nitrogen and oxygen atoms in total. The van der Waals surface area contributed by atoms with Gasteiger partial charge in [-0.3, -0.25) is 4.79 Å². The molecule has 1 aromatic heterocycles. The van der Waals surface area contributed by atoms with E-state index in [2.05, 4.69) is 0 Å². The summed E-state index contributed by atoms with van der Waals surface area (Å²) in [5.74, 6) is 0.953. The number of benzene rings is 2. The van der Waals surface area contributed by atoms with Crippen molar-refractivity contribution in [2.45, 2.75) is 20.8 Å². The van der Waals surface area contributed by atoms with Gasteiger partial charge in [0, 0.05) is 0 Å². The number of aryl methyl sites for hydroxylation is 1. The first-order valence-corrected chi connectivity index (χ1v) is 7.89. The summed E-state index contributed by atoms with van der Waals surface area (Å²) in [6, 6.07) is 11.2. The highest BCUT2D eigenvalue weighted by Gasteiger charge is 2.16. The highest BCUT2D eigenvalue weighted by molar-refractivity contribution is 5.88. The summed E-state index contributed by atoms with van der Waals surface area (Å²) < 4.78 is 16.2. The number of ether oxygens (including phenoxy) is 2. The van der Waals surface area contributed by atoms with Crippen LogP contribution >= 0.6 is 0 Å². The van der Waals surface area contributed by atoms with E-state index in [1.165, 1.54) is 13.4 Å². The van der Waals surface area contributed by atoms with Gasteiger partial charge in [0.1, 0.15) is 6.26 Å². The van der Waals surface area contributed by atoms with E-state index in [0.717, 1.165) is 11.1 Å². The van der Waals surface area contributed by atoms with E-state index in [9.17, 15) is 4.79 Å². The van der Waals surface area contributed by atoms with E-state index in [4.69, 9.17) is 13.9 Å². The molecule has 0 radical (unpaired) electrons. The van der Waals surface area contributed by atoms with Gasteiger partial charge in [-0.1, -0.05) is 43.7 Å². The van der Waals surface area contributed by atoms with Crippen LogP contribution < -0.4 is 14.9 Å². The Balaban J connectivity index is 0.00000100. The highest BCUT2D eigenvalue weighted by Crippen LogP contribution is 2.35. The van der Waals surface area contributed by atoms with Gasteiger partial charge in [0.2, 0.25) is 11.2 Å². The van der Waals surface area contributed by atoms with Crippen molar-refractivity contribution in [1.29, 1.82) is 0 Å². The van der Waals surface area contributed by atoms with Crippen molar-refractivity contribution in [3.8, 4) is 22.6 Å². The van der Waals surface area contributed by atoms with Gasteiger partial charge in [-0.25, -0.2) is 0 Å². The zero-order chi connectivity index (χ0) is 17.7. The predicted octanol–water partition coefficient (Wildman–Crippen LogP) is 4.81. The lowest BCUT2D eigenvalue weighted by molar-refractivity contribution is 0.353. The molecule has 0 amide bonds. The SMILES string of the molecule is CC.COc1ccc2c(=O)c(-c3ccc(C)cc3)coc2c1OC. The van der Waals surface area contributed by atoms with Gasteiger partial charge >= 0.3 is 0 Å². The monoisotopic (exact) mass is 326 g/mol. The smallest absolute Gasteiger partial charge is 0.204 e. The summed E-state index contributed by atoms with van der Waals surface area (Å²) in [6.07, 6.45) is 1.47. The van der Waals surface area contributed by atoms with Gasteiger partial charge in [-0.15, -0.1) is 0 Å². The van der Waals surface area contributed by atoms with Crippen LogP contribution in [-0.2, 0) is 0 Å². The highest BCUT2D eigenvalue weighted by atomic mass is 16.5. The van der Waals surface area contributed by atoms with Crippen LogP contribution in [0.1, 0.15) is 19.4 Å². The fourth-order valence-corrected chi connectivity index (χ4v) is 2.44. The summed E-state index contributed by atoms with van der Waals surface area (Å²) >= 11 is 0. The molecule has 0 saturated heterocycles. The predicted molar refractivity (Wildman–Crippen MR) is 97.1 cm³/mol. The maximum absolute atomic E-state index is 12.7. The third kappa shape index (κ3) is 3.13. The molecule has 3 rings (SSSR count). The molecule has 0 aliphatic carbocycles. The van der Waals surface area contributed by atoms with E-state index in [1.807, 2.05) is 45.0 Å². The Kier molecular flexibility index (Phi) is 5.64. The topological polar surface area (TPSA) is 48.7 Å². The first-order valence-electron chi connectivity index (χ1n) is 7.89. The first-order chi connectivity index (χ1) is 11.7. The van der Waals surface area contributed by atoms with E-state index < -0.39 is 0 Å². The molecule has 1 heterocycles. The average molecular weight is 326 g/mol. The lowest BCUT2D eigenvalue weighted by Gasteiger charge is -2.10. The Bertz CT molecular complexity index is 877. The molecule has 4 heteroatoms. The summed E-state index contributed by atoms with van der Waals surface area (Å²) in [5, 5.41) is 0.468. The van der Waals surface area contributed by atoms with E-state index in [0.29, 0.717) is 28.0 Å². The Hall–Kier alpha value is -2.75. The maximum Gasteiger partial charge on any atom is 0.204 e. The third-order valence-corrected chi connectivity index (χ3v) is 3.65. The maximum atomic E-state index is 12.7. The Morgan fingerprint density at radius 3 is 2.17 bits per heavy atom. The summed E-state index contributed by atoms with van der Waals surface area (Å²) in [5.41, 5.74) is 2.80. The molecule has 0 bridgehead atoms. The second-order valence-electron chi connectivity index (χ2n) is 5.02. The molecule has 0 aliphatic rings. The number of hydrogen-bond donors (Lipinski definition) is 0. The van der Waals surface area contributed by atoms with Gasteiger partial charge in [0.25, 0.3) is 0 Å². The first kappa shape index (κ1) is 17.6. The van der Waals surface area contributed by atoms with Crippen molar-refractivity contribution in [3.63, 3.8) is 0 Å². The van der Waals surface area contributed by atoms with E-state index >= 15 is 0 Å². The quantitative estimate of drug-likeness (QED) is 0.693. The van der Waals surface area contributed by atoms with Crippen LogP contribution in [0.4, 0.5) is 0 Å². The second kappa shape index (κ2) is 7.68. The molecule has 0 atom stereocenters. The molecule has 2 aromatic carbocycles. The van der Waals surface area contributed by atoms with Crippen LogP contribution in [0, 0.1) is 6.92 Å². The molecule has 0 spiro atoms. The van der Waals surface area contributed by atoms with Crippen molar-refractivity contribution in [1.82, 2.24) is 0 Å². The number of methoxy groups -OCH3 is 2. The lowest BCUT2D eigenvalue weighted by atomic mass is 10.0. The Morgan fingerprint density at radius 1 is 0.917 bits per heavy atom. The molecule has 126 valence electrons. The van der Waals surface area contributed by atoms with E-state index in [-0.39, 0.29) is 5.43 Å². The van der Waals surface area contributed by atoms with Crippen molar-refractivity contribution < 1.29 is 13.9 Å². The van der Waals surface area contributed by atoms with Crippen LogP contribution in [-0.4, -0.2) is 14.2 Å². The van der Waals surface area contributed by atoms with E-state index in [1.54, 1.807) is 19.2 Å². The fourth-order valence-electron chi connectivity index (χ4n) is 2.44. The zero-order valence-corrected chi connectivity index (χ0v) is 14.7. The molecule has 3 aromatic rings. The van der Waals surface area contributed by atoms with Crippen molar-refractivity contribution in [2.75, 3.05) is 14.2 Å². The zero-order valence-electron chi connectivity index (χ0n) is 14.7. The van der Waals surface area contributed by atoms with Crippen molar-refractivity contribution in [3.05, 3.63) is 58.4 Å². The molecular formula is C20H22O4. The summed E-state index contributed by atoms with van der Waals surface area (Å²) in [4.78, 5) is 12.7. The van der Waals surface area contributed by atoms with Crippen molar-refractivity contribution in [2.24, 2.45) is 0 Å². The van der Waals surface area contributed by atoms with Gasteiger partial charge in [-0.05, 0) is 24.6 Å². The van der Waals surface area contributed by atoms with Crippen molar-refractivity contribution >= 4 is 11.0 Å². The number of fused-ring (bicyclic) bond motifs is 1. The summed E-state index contributed by atoms with van der Waals surface area (Å²) in [7, 11) is 3.06. The van der Waals surface area contributed by atoms with Crippen LogP contribution in [0.5, 0.6) is 11.5 Å². The molecule has 0 aliphatic heterocycles. The summed E-state index contributed by atoms with van der Waals surface area (Å²) in [6.45, 7) is 6.00. The Labute approximate surface area is 141 Å². The minimum Gasteiger partial charge on any atom is -0.493 e. The molecule has 24 heavy (non-hydrogen) atoms. The van der Waals surface area contributed by atoms with Gasteiger partial charge < -0.3 is 13.9 Å². The number of rotatable bonds is 3. The minimum absolute atomic E-state index is 0.0916. The minimum atomic E-state index is -0.0916. The molecule has 0 saturated carbocycles.